The number of ketones is 2. The van der Waals surface area contributed by atoms with Crippen molar-refractivity contribution in [2.75, 3.05) is 11.5 Å². The molecule has 0 unspecified atom stereocenters. The minimum absolute atomic E-state index is 0.134. The van der Waals surface area contributed by atoms with E-state index in [2.05, 4.69) is 26.0 Å². The number of benzene rings is 4. The third-order valence-electron chi connectivity index (χ3n) is 8.22. The summed E-state index contributed by atoms with van der Waals surface area (Å²) in [5.74, 6) is -0.275. The van der Waals surface area contributed by atoms with Crippen LogP contribution in [0, 0.1) is 0 Å². The summed E-state index contributed by atoms with van der Waals surface area (Å²) in [5, 5.41) is 0. The number of aryl methyl sites for hydroxylation is 2. The number of carbonyl (C=O) groups is 2. The second kappa shape index (κ2) is 15.0. The fourth-order valence-electron chi connectivity index (χ4n) is 5.79. The molecule has 1 aliphatic rings. The molecule has 0 bridgehead atoms. The number of fused-ring (bicyclic) bond motifs is 2. The van der Waals surface area contributed by atoms with Crippen LogP contribution in [0.5, 0.6) is 0 Å². The first kappa shape index (κ1) is 31.9. The van der Waals surface area contributed by atoms with Crippen LogP contribution < -0.4 is 11.5 Å². The van der Waals surface area contributed by atoms with E-state index in [1.807, 2.05) is 48.5 Å². The lowest BCUT2D eigenvalue weighted by atomic mass is 9.84. The molecule has 1 aliphatic carbocycles. The van der Waals surface area contributed by atoms with Crippen LogP contribution in [0.3, 0.4) is 0 Å². The Morgan fingerprint density at radius 2 is 0.977 bits per heavy atom. The zero-order chi connectivity index (χ0) is 31.1. The topological polar surface area (TPSA) is 86.2 Å². The first-order valence-electron chi connectivity index (χ1n) is 15.9. The molecule has 4 nitrogen and oxygen atoms in total. The van der Waals surface area contributed by atoms with Crippen molar-refractivity contribution in [3.63, 3.8) is 0 Å². The molecule has 0 aliphatic heterocycles. The van der Waals surface area contributed by atoms with Gasteiger partial charge in [-0.05, 0) is 73.2 Å². The number of hydrogen-bond acceptors (Lipinski definition) is 6. The van der Waals surface area contributed by atoms with E-state index in [4.69, 9.17) is 11.5 Å². The maximum Gasteiger partial charge on any atom is 0.196 e. The van der Waals surface area contributed by atoms with E-state index in [0.717, 1.165) is 45.3 Å². The Bertz CT molecular complexity index is 1540. The predicted octanol–water partition coefficient (Wildman–Crippen LogP) is 10.2. The molecule has 4 aromatic carbocycles. The molecule has 0 atom stereocenters. The number of carbonyl (C=O) groups excluding carboxylic acids is 2. The summed E-state index contributed by atoms with van der Waals surface area (Å²) < 4.78 is 0. The zero-order valence-corrected chi connectivity index (χ0v) is 27.4. The fraction of sp³-hybridized carbons (Fsp3) is 0.316. The van der Waals surface area contributed by atoms with Crippen LogP contribution in [-0.4, -0.2) is 11.6 Å². The minimum atomic E-state index is -0.141. The molecule has 4 aromatic rings. The first-order chi connectivity index (χ1) is 21.4. The van der Waals surface area contributed by atoms with Crippen molar-refractivity contribution in [2.24, 2.45) is 0 Å². The van der Waals surface area contributed by atoms with Gasteiger partial charge in [0.2, 0.25) is 0 Å². The van der Waals surface area contributed by atoms with E-state index in [0.29, 0.717) is 33.6 Å². The van der Waals surface area contributed by atoms with Gasteiger partial charge in [-0.2, -0.15) is 0 Å². The normalized spacial score (nSPS) is 12.3. The van der Waals surface area contributed by atoms with Crippen molar-refractivity contribution in [3.8, 4) is 0 Å². The third-order valence-corrected chi connectivity index (χ3v) is 10.5. The van der Waals surface area contributed by atoms with Crippen LogP contribution in [0.2, 0.25) is 0 Å². The zero-order valence-electron chi connectivity index (χ0n) is 25.8. The number of unbranched alkanes of at least 4 members (excludes halogenated alkanes) is 6. The van der Waals surface area contributed by atoms with Crippen LogP contribution in [0.1, 0.15) is 108 Å². The first-order valence-corrected chi connectivity index (χ1v) is 17.5. The van der Waals surface area contributed by atoms with Gasteiger partial charge in [0.15, 0.2) is 11.6 Å². The van der Waals surface area contributed by atoms with E-state index in [1.54, 1.807) is 12.1 Å². The molecule has 6 heteroatoms. The third kappa shape index (κ3) is 7.24. The van der Waals surface area contributed by atoms with Crippen LogP contribution in [0.25, 0.3) is 0 Å². The summed E-state index contributed by atoms with van der Waals surface area (Å²) in [7, 11) is 0. The van der Waals surface area contributed by atoms with E-state index in [1.165, 1.54) is 73.2 Å². The predicted molar refractivity (Wildman–Crippen MR) is 185 cm³/mol. The molecule has 228 valence electrons. The SMILES string of the molecule is CCCCCCc1ccc(Sc2cccc3c2C(=O)c2c(Sc4ccc(CCCCCC)cc4N)cccc2C3=O)c(N)c1. The van der Waals surface area contributed by atoms with Gasteiger partial charge in [0.1, 0.15) is 0 Å². The molecule has 0 saturated carbocycles. The van der Waals surface area contributed by atoms with Crippen LogP contribution in [0.15, 0.2) is 92.4 Å². The van der Waals surface area contributed by atoms with E-state index >= 15 is 0 Å². The van der Waals surface area contributed by atoms with Gasteiger partial charge in [0, 0.05) is 53.2 Å². The van der Waals surface area contributed by atoms with Crippen molar-refractivity contribution in [1.82, 2.24) is 0 Å². The van der Waals surface area contributed by atoms with Crippen molar-refractivity contribution in [1.29, 1.82) is 0 Å². The second-order valence-electron chi connectivity index (χ2n) is 11.6. The monoisotopic (exact) mass is 622 g/mol. The van der Waals surface area contributed by atoms with Crippen LogP contribution in [-0.2, 0) is 12.8 Å². The highest BCUT2D eigenvalue weighted by Crippen LogP contribution is 2.43. The Hall–Kier alpha value is -3.48. The lowest BCUT2D eigenvalue weighted by Crippen LogP contribution is -2.22. The smallest absolute Gasteiger partial charge is 0.196 e. The van der Waals surface area contributed by atoms with Crippen LogP contribution >= 0.6 is 23.5 Å². The number of hydrogen-bond donors (Lipinski definition) is 2. The van der Waals surface area contributed by atoms with Gasteiger partial charge >= 0.3 is 0 Å². The van der Waals surface area contributed by atoms with Gasteiger partial charge in [0.05, 0.1) is 0 Å². The Labute approximate surface area is 270 Å². The van der Waals surface area contributed by atoms with Crippen molar-refractivity contribution in [2.45, 2.75) is 97.6 Å². The van der Waals surface area contributed by atoms with E-state index < -0.39 is 0 Å². The van der Waals surface area contributed by atoms with Crippen molar-refractivity contribution in [3.05, 3.63) is 106 Å². The fourth-order valence-corrected chi connectivity index (χ4v) is 7.79. The molecule has 0 radical (unpaired) electrons. The standard InChI is InChI=1S/C38H42N2O2S2/c1-3-5-7-9-13-25-19-21-31(29(39)23-25)43-33-17-11-15-27-35(33)38(42)36-28(37(27)41)16-12-18-34(36)44-32-22-20-26(24-30(32)40)14-10-8-6-4-2/h11-12,15-24H,3-10,13-14,39-40H2,1-2H3. The summed E-state index contributed by atoms with van der Waals surface area (Å²) in [4.78, 5) is 31.3. The molecule has 0 amide bonds. The summed E-state index contributed by atoms with van der Waals surface area (Å²) >= 11 is 2.90. The Morgan fingerprint density at radius 1 is 0.523 bits per heavy atom. The molecule has 0 saturated heterocycles. The van der Waals surface area contributed by atoms with Gasteiger partial charge < -0.3 is 11.5 Å². The number of nitrogen functional groups attached to an aromatic ring is 2. The molecule has 44 heavy (non-hydrogen) atoms. The molecule has 4 N–H and O–H groups in total. The van der Waals surface area contributed by atoms with Crippen LogP contribution in [0.4, 0.5) is 11.4 Å². The summed E-state index contributed by atoms with van der Waals surface area (Å²) in [6, 6.07) is 23.4. The summed E-state index contributed by atoms with van der Waals surface area (Å²) in [5.41, 5.74) is 18.6. The molecule has 0 aromatic heterocycles. The molecular formula is C38H42N2O2S2. The second-order valence-corrected chi connectivity index (χ2v) is 13.8. The number of anilines is 2. The van der Waals surface area contributed by atoms with Crippen molar-refractivity contribution >= 4 is 46.5 Å². The summed E-state index contributed by atoms with van der Waals surface area (Å²) in [6.07, 6.45) is 11.7. The molecule has 5 rings (SSSR count). The lowest BCUT2D eigenvalue weighted by molar-refractivity contribution is 0.0974. The quantitative estimate of drug-likeness (QED) is 0.0947. The minimum Gasteiger partial charge on any atom is -0.398 e. The molecule has 0 fully saturated rings. The average molecular weight is 623 g/mol. The highest BCUT2D eigenvalue weighted by Gasteiger charge is 2.34. The van der Waals surface area contributed by atoms with E-state index in [9.17, 15) is 9.59 Å². The molecular weight excluding hydrogens is 581 g/mol. The van der Waals surface area contributed by atoms with Gasteiger partial charge in [0.25, 0.3) is 0 Å². The van der Waals surface area contributed by atoms with Gasteiger partial charge in [-0.3, -0.25) is 9.59 Å². The Kier molecular flexibility index (Phi) is 10.9. The largest absolute Gasteiger partial charge is 0.398 e. The lowest BCUT2D eigenvalue weighted by Gasteiger charge is -2.22. The van der Waals surface area contributed by atoms with Gasteiger partial charge in [-0.15, -0.1) is 0 Å². The van der Waals surface area contributed by atoms with Gasteiger partial charge in [-0.1, -0.05) is 112 Å². The van der Waals surface area contributed by atoms with E-state index in [-0.39, 0.29) is 11.6 Å². The number of nitrogens with two attached hydrogens (primary N) is 2. The Balaban J connectivity index is 1.40. The Morgan fingerprint density at radius 3 is 1.39 bits per heavy atom. The highest BCUT2D eigenvalue weighted by molar-refractivity contribution is 8.00. The number of rotatable bonds is 14. The summed E-state index contributed by atoms with van der Waals surface area (Å²) in [6.45, 7) is 4.43. The maximum atomic E-state index is 14.3. The molecule has 0 spiro atoms. The van der Waals surface area contributed by atoms with Crippen molar-refractivity contribution < 1.29 is 9.59 Å². The highest BCUT2D eigenvalue weighted by atomic mass is 32.2. The molecule has 0 heterocycles. The maximum absolute atomic E-state index is 14.3. The van der Waals surface area contributed by atoms with Gasteiger partial charge in [-0.25, -0.2) is 0 Å². The average Bonchev–Trinajstić information content (AvgIpc) is 3.02.